The molecule has 0 aliphatic carbocycles. The standard InChI is InChI=1S/C16H14N2O/c17-10-12-11-18-15-9-5-4-8-14(15)16(12)19-13-6-2-1-3-7-13/h1-9,11H,10,17H2. The fraction of sp³-hybridized carbons (Fsp3) is 0.0625. The number of para-hydroxylation sites is 2. The highest BCUT2D eigenvalue weighted by Gasteiger charge is 2.09. The molecule has 0 aliphatic rings. The van der Waals surface area contributed by atoms with Gasteiger partial charge in [-0.3, -0.25) is 4.98 Å². The summed E-state index contributed by atoms with van der Waals surface area (Å²) in [6.07, 6.45) is 1.78. The Kier molecular flexibility index (Phi) is 3.12. The first-order valence-electron chi connectivity index (χ1n) is 6.18. The molecule has 2 aromatic carbocycles. The third-order valence-corrected chi connectivity index (χ3v) is 2.98. The van der Waals surface area contributed by atoms with Gasteiger partial charge in [0, 0.05) is 23.7 Å². The Bertz CT molecular complexity index is 695. The maximum atomic E-state index is 5.99. The van der Waals surface area contributed by atoms with E-state index in [1.165, 1.54) is 0 Å². The third-order valence-electron chi connectivity index (χ3n) is 2.98. The quantitative estimate of drug-likeness (QED) is 0.774. The van der Waals surface area contributed by atoms with E-state index in [1.807, 2.05) is 54.6 Å². The first-order chi connectivity index (χ1) is 9.38. The van der Waals surface area contributed by atoms with Crippen LogP contribution in [-0.4, -0.2) is 4.98 Å². The minimum atomic E-state index is 0.403. The summed E-state index contributed by atoms with van der Waals surface area (Å²) < 4.78 is 5.99. The number of benzene rings is 2. The van der Waals surface area contributed by atoms with Crippen LogP contribution >= 0.6 is 0 Å². The van der Waals surface area contributed by atoms with Crippen molar-refractivity contribution in [2.24, 2.45) is 5.73 Å². The van der Waals surface area contributed by atoms with Gasteiger partial charge in [0.25, 0.3) is 0 Å². The molecule has 0 fully saturated rings. The van der Waals surface area contributed by atoms with Crippen molar-refractivity contribution in [1.29, 1.82) is 0 Å². The summed E-state index contributed by atoms with van der Waals surface area (Å²) in [5.41, 5.74) is 7.59. The Hall–Kier alpha value is -2.39. The Balaban J connectivity index is 2.15. The number of pyridine rings is 1. The molecule has 0 saturated carbocycles. The molecule has 3 aromatic rings. The zero-order valence-corrected chi connectivity index (χ0v) is 10.4. The molecule has 3 nitrogen and oxygen atoms in total. The van der Waals surface area contributed by atoms with Crippen molar-refractivity contribution in [2.45, 2.75) is 6.54 Å². The van der Waals surface area contributed by atoms with Crippen molar-refractivity contribution in [3.63, 3.8) is 0 Å². The van der Waals surface area contributed by atoms with Gasteiger partial charge in [-0.2, -0.15) is 0 Å². The lowest BCUT2D eigenvalue weighted by Gasteiger charge is -2.12. The topological polar surface area (TPSA) is 48.1 Å². The van der Waals surface area contributed by atoms with E-state index < -0.39 is 0 Å². The van der Waals surface area contributed by atoms with Gasteiger partial charge < -0.3 is 10.5 Å². The molecule has 0 atom stereocenters. The number of fused-ring (bicyclic) bond motifs is 1. The Morgan fingerprint density at radius 1 is 0.947 bits per heavy atom. The summed E-state index contributed by atoms with van der Waals surface area (Å²) in [5, 5.41) is 0.981. The van der Waals surface area contributed by atoms with Gasteiger partial charge in [-0.15, -0.1) is 0 Å². The lowest BCUT2D eigenvalue weighted by Crippen LogP contribution is -2.01. The molecule has 0 saturated heterocycles. The first kappa shape index (κ1) is 11.7. The average Bonchev–Trinajstić information content (AvgIpc) is 2.49. The van der Waals surface area contributed by atoms with E-state index in [2.05, 4.69) is 4.98 Å². The van der Waals surface area contributed by atoms with Crippen LogP contribution in [0.2, 0.25) is 0 Å². The molecular weight excluding hydrogens is 236 g/mol. The highest BCUT2D eigenvalue weighted by molar-refractivity contribution is 5.86. The van der Waals surface area contributed by atoms with Crippen LogP contribution in [0, 0.1) is 0 Å². The fourth-order valence-corrected chi connectivity index (χ4v) is 2.03. The van der Waals surface area contributed by atoms with Gasteiger partial charge in [0.1, 0.15) is 11.5 Å². The number of nitrogens with zero attached hydrogens (tertiary/aromatic N) is 1. The largest absolute Gasteiger partial charge is 0.456 e. The number of rotatable bonds is 3. The average molecular weight is 250 g/mol. The van der Waals surface area contributed by atoms with Crippen LogP contribution in [0.3, 0.4) is 0 Å². The van der Waals surface area contributed by atoms with Gasteiger partial charge in [0.05, 0.1) is 5.52 Å². The fourth-order valence-electron chi connectivity index (χ4n) is 2.03. The van der Waals surface area contributed by atoms with Gasteiger partial charge in [-0.1, -0.05) is 30.3 Å². The van der Waals surface area contributed by atoms with Crippen LogP contribution in [0.4, 0.5) is 0 Å². The minimum absolute atomic E-state index is 0.403. The number of aromatic nitrogens is 1. The van der Waals surface area contributed by atoms with Gasteiger partial charge in [-0.05, 0) is 24.3 Å². The summed E-state index contributed by atoms with van der Waals surface area (Å²) >= 11 is 0. The van der Waals surface area contributed by atoms with Gasteiger partial charge in [-0.25, -0.2) is 0 Å². The molecule has 0 radical (unpaired) electrons. The second-order valence-corrected chi connectivity index (χ2v) is 4.25. The van der Waals surface area contributed by atoms with Crippen molar-refractivity contribution in [1.82, 2.24) is 4.98 Å². The van der Waals surface area contributed by atoms with Crippen LogP contribution in [0.25, 0.3) is 10.9 Å². The predicted octanol–water partition coefficient (Wildman–Crippen LogP) is 3.49. The molecule has 2 N–H and O–H groups in total. The molecule has 3 rings (SSSR count). The van der Waals surface area contributed by atoms with Crippen LogP contribution in [0.1, 0.15) is 5.56 Å². The molecule has 0 spiro atoms. The first-order valence-corrected chi connectivity index (χ1v) is 6.18. The molecule has 1 heterocycles. The molecule has 0 bridgehead atoms. The Morgan fingerprint density at radius 3 is 2.47 bits per heavy atom. The van der Waals surface area contributed by atoms with E-state index in [9.17, 15) is 0 Å². The lowest BCUT2D eigenvalue weighted by molar-refractivity contribution is 0.481. The predicted molar refractivity (Wildman–Crippen MR) is 76.2 cm³/mol. The molecule has 0 aliphatic heterocycles. The monoisotopic (exact) mass is 250 g/mol. The van der Waals surface area contributed by atoms with Crippen LogP contribution in [-0.2, 0) is 6.54 Å². The number of hydrogen-bond donors (Lipinski definition) is 1. The van der Waals surface area contributed by atoms with Gasteiger partial charge in [0.15, 0.2) is 0 Å². The zero-order chi connectivity index (χ0) is 13.1. The van der Waals surface area contributed by atoms with E-state index >= 15 is 0 Å². The number of hydrogen-bond acceptors (Lipinski definition) is 3. The highest BCUT2D eigenvalue weighted by atomic mass is 16.5. The summed E-state index contributed by atoms with van der Waals surface area (Å²) in [5.74, 6) is 1.59. The van der Waals surface area contributed by atoms with Crippen molar-refractivity contribution < 1.29 is 4.74 Å². The summed E-state index contributed by atoms with van der Waals surface area (Å²) in [4.78, 5) is 4.39. The van der Waals surface area contributed by atoms with Gasteiger partial charge >= 0.3 is 0 Å². The molecule has 1 aromatic heterocycles. The molecule has 19 heavy (non-hydrogen) atoms. The highest BCUT2D eigenvalue weighted by Crippen LogP contribution is 2.32. The summed E-state index contributed by atoms with van der Waals surface area (Å²) in [7, 11) is 0. The normalized spacial score (nSPS) is 10.6. The number of nitrogens with two attached hydrogens (primary N) is 1. The smallest absolute Gasteiger partial charge is 0.142 e. The molecular formula is C16H14N2O. The van der Waals surface area contributed by atoms with Crippen LogP contribution < -0.4 is 10.5 Å². The van der Waals surface area contributed by atoms with E-state index in [0.29, 0.717) is 6.54 Å². The molecule has 0 amide bonds. The SMILES string of the molecule is NCc1cnc2ccccc2c1Oc1ccccc1. The van der Waals surface area contributed by atoms with Crippen molar-refractivity contribution >= 4 is 10.9 Å². The van der Waals surface area contributed by atoms with Crippen molar-refractivity contribution in [2.75, 3.05) is 0 Å². The van der Waals surface area contributed by atoms with E-state index in [0.717, 1.165) is 28.0 Å². The summed E-state index contributed by atoms with van der Waals surface area (Å²) in [6.45, 7) is 0.403. The van der Waals surface area contributed by atoms with Crippen molar-refractivity contribution in [3.05, 3.63) is 66.4 Å². The summed E-state index contributed by atoms with van der Waals surface area (Å²) in [6, 6.07) is 17.6. The molecule has 3 heteroatoms. The van der Waals surface area contributed by atoms with Crippen molar-refractivity contribution in [3.8, 4) is 11.5 Å². The van der Waals surface area contributed by atoms with Gasteiger partial charge in [0.2, 0.25) is 0 Å². The lowest BCUT2D eigenvalue weighted by atomic mass is 10.1. The number of ether oxygens (including phenoxy) is 1. The maximum Gasteiger partial charge on any atom is 0.142 e. The third kappa shape index (κ3) is 2.28. The van der Waals surface area contributed by atoms with E-state index in [-0.39, 0.29) is 0 Å². The minimum Gasteiger partial charge on any atom is -0.456 e. The molecule has 0 unspecified atom stereocenters. The molecule has 94 valence electrons. The van der Waals surface area contributed by atoms with Crippen LogP contribution in [0.5, 0.6) is 11.5 Å². The second kappa shape index (κ2) is 5.08. The Morgan fingerprint density at radius 2 is 1.68 bits per heavy atom. The second-order valence-electron chi connectivity index (χ2n) is 4.25. The van der Waals surface area contributed by atoms with Crippen LogP contribution in [0.15, 0.2) is 60.8 Å². The zero-order valence-electron chi connectivity index (χ0n) is 10.4. The Labute approximate surface area is 111 Å². The maximum absolute atomic E-state index is 5.99. The van der Waals surface area contributed by atoms with E-state index in [4.69, 9.17) is 10.5 Å². The van der Waals surface area contributed by atoms with E-state index in [1.54, 1.807) is 6.20 Å².